The highest BCUT2D eigenvalue weighted by Crippen LogP contribution is 2.17. The molecule has 17 heavy (non-hydrogen) atoms. The van der Waals surface area contributed by atoms with Gasteiger partial charge in [0.15, 0.2) is 0 Å². The molecule has 0 heterocycles. The van der Waals surface area contributed by atoms with Crippen molar-refractivity contribution in [3.8, 4) is 0 Å². The number of halogens is 3. The van der Waals surface area contributed by atoms with Gasteiger partial charge in [0.2, 0.25) is 0 Å². The Hall–Kier alpha value is -0.650. The van der Waals surface area contributed by atoms with Gasteiger partial charge in [0, 0.05) is 16.9 Å². The summed E-state index contributed by atoms with van der Waals surface area (Å²) in [6, 6.07) is 3.91. The SMILES string of the molecule is O=C(NCCOCCCl)c1ccc(F)cc1Br. The summed E-state index contributed by atoms with van der Waals surface area (Å²) in [6.07, 6.45) is 0. The molecule has 3 nitrogen and oxygen atoms in total. The highest BCUT2D eigenvalue weighted by atomic mass is 79.9. The van der Waals surface area contributed by atoms with Crippen LogP contribution in [0.1, 0.15) is 10.4 Å². The van der Waals surface area contributed by atoms with E-state index < -0.39 is 0 Å². The van der Waals surface area contributed by atoms with E-state index in [1.807, 2.05) is 0 Å². The van der Waals surface area contributed by atoms with Gasteiger partial charge in [0.1, 0.15) is 5.82 Å². The van der Waals surface area contributed by atoms with Crippen LogP contribution in [0.3, 0.4) is 0 Å². The van der Waals surface area contributed by atoms with Crippen molar-refractivity contribution in [1.29, 1.82) is 0 Å². The summed E-state index contributed by atoms with van der Waals surface area (Å²) in [5.74, 6) is -0.234. The fourth-order valence-corrected chi connectivity index (χ4v) is 1.80. The van der Waals surface area contributed by atoms with E-state index >= 15 is 0 Å². The molecule has 0 aliphatic carbocycles. The number of hydrogen-bond donors (Lipinski definition) is 1. The van der Waals surface area contributed by atoms with E-state index in [0.29, 0.717) is 35.7 Å². The van der Waals surface area contributed by atoms with Crippen LogP contribution >= 0.6 is 27.5 Å². The third-order valence-corrected chi connectivity index (χ3v) is 2.74. The van der Waals surface area contributed by atoms with Gasteiger partial charge in [-0.1, -0.05) is 0 Å². The first-order valence-electron chi connectivity index (χ1n) is 5.02. The second-order valence-electron chi connectivity index (χ2n) is 3.18. The van der Waals surface area contributed by atoms with Crippen LogP contribution in [0.15, 0.2) is 22.7 Å². The standard InChI is InChI=1S/C11H12BrClFNO2/c12-10-7-8(14)1-2-9(10)11(16)15-4-6-17-5-3-13/h1-2,7H,3-6H2,(H,15,16). The summed E-state index contributed by atoms with van der Waals surface area (Å²) in [5.41, 5.74) is 0.392. The van der Waals surface area contributed by atoms with Gasteiger partial charge in [-0.25, -0.2) is 4.39 Å². The first-order valence-corrected chi connectivity index (χ1v) is 6.35. The molecule has 1 amide bonds. The minimum absolute atomic E-state index is 0.272. The molecular weight excluding hydrogens is 312 g/mol. The zero-order valence-electron chi connectivity index (χ0n) is 9.01. The van der Waals surface area contributed by atoms with Gasteiger partial charge in [-0.15, -0.1) is 11.6 Å². The van der Waals surface area contributed by atoms with E-state index in [2.05, 4.69) is 21.2 Å². The Kier molecular flexibility index (Phi) is 6.47. The van der Waals surface area contributed by atoms with Gasteiger partial charge in [0.05, 0.1) is 18.8 Å². The van der Waals surface area contributed by atoms with Crippen molar-refractivity contribution < 1.29 is 13.9 Å². The van der Waals surface area contributed by atoms with Gasteiger partial charge in [0.25, 0.3) is 5.91 Å². The summed E-state index contributed by atoms with van der Waals surface area (Å²) in [6.45, 7) is 1.24. The molecule has 0 aliphatic rings. The van der Waals surface area contributed by atoms with E-state index in [9.17, 15) is 9.18 Å². The lowest BCUT2D eigenvalue weighted by atomic mass is 10.2. The minimum Gasteiger partial charge on any atom is -0.378 e. The molecule has 0 spiro atoms. The molecule has 0 radical (unpaired) electrons. The lowest BCUT2D eigenvalue weighted by Crippen LogP contribution is -2.27. The van der Waals surface area contributed by atoms with Gasteiger partial charge >= 0.3 is 0 Å². The van der Waals surface area contributed by atoms with Crippen molar-refractivity contribution >= 4 is 33.4 Å². The van der Waals surface area contributed by atoms with Crippen molar-refractivity contribution in [1.82, 2.24) is 5.32 Å². The van der Waals surface area contributed by atoms with Crippen molar-refractivity contribution in [3.63, 3.8) is 0 Å². The highest BCUT2D eigenvalue weighted by Gasteiger charge is 2.09. The first-order chi connectivity index (χ1) is 8.15. The van der Waals surface area contributed by atoms with E-state index in [4.69, 9.17) is 16.3 Å². The molecule has 0 saturated heterocycles. The molecule has 1 rings (SSSR count). The first kappa shape index (κ1) is 14.4. The van der Waals surface area contributed by atoms with Gasteiger partial charge in [-0.05, 0) is 34.1 Å². The Morgan fingerprint density at radius 2 is 2.24 bits per heavy atom. The monoisotopic (exact) mass is 323 g/mol. The Balaban J connectivity index is 2.42. The van der Waals surface area contributed by atoms with Crippen LogP contribution in [0.25, 0.3) is 0 Å². The fraction of sp³-hybridized carbons (Fsp3) is 0.364. The number of hydrogen-bond acceptors (Lipinski definition) is 2. The van der Waals surface area contributed by atoms with Crippen LogP contribution in [0.4, 0.5) is 4.39 Å². The minimum atomic E-state index is -0.390. The molecule has 0 bridgehead atoms. The number of rotatable bonds is 6. The van der Waals surface area contributed by atoms with E-state index in [-0.39, 0.29) is 11.7 Å². The molecule has 0 fully saturated rings. The molecule has 0 atom stereocenters. The molecule has 6 heteroatoms. The Morgan fingerprint density at radius 1 is 1.47 bits per heavy atom. The maximum Gasteiger partial charge on any atom is 0.252 e. The number of carbonyl (C=O) groups excluding carboxylic acids is 1. The summed E-state index contributed by atoms with van der Waals surface area (Å²) in [7, 11) is 0. The number of amides is 1. The van der Waals surface area contributed by atoms with Crippen molar-refractivity contribution in [2.24, 2.45) is 0 Å². The molecule has 0 unspecified atom stereocenters. The quantitative estimate of drug-likeness (QED) is 0.645. The predicted molar refractivity (Wildman–Crippen MR) is 68.0 cm³/mol. The summed E-state index contributed by atoms with van der Waals surface area (Å²) >= 11 is 8.55. The molecule has 0 aliphatic heterocycles. The lowest BCUT2D eigenvalue weighted by molar-refractivity contribution is 0.0923. The van der Waals surface area contributed by atoms with Crippen LogP contribution in [0, 0.1) is 5.82 Å². The Labute approximate surface area is 112 Å². The zero-order valence-corrected chi connectivity index (χ0v) is 11.4. The van der Waals surface area contributed by atoms with Crippen molar-refractivity contribution in [2.45, 2.75) is 0 Å². The van der Waals surface area contributed by atoms with E-state index in [0.717, 1.165) is 0 Å². The van der Waals surface area contributed by atoms with Crippen LogP contribution < -0.4 is 5.32 Å². The van der Waals surface area contributed by atoms with Crippen LogP contribution in [-0.2, 0) is 4.74 Å². The zero-order chi connectivity index (χ0) is 12.7. The average Bonchev–Trinajstić information content (AvgIpc) is 2.28. The predicted octanol–water partition coefficient (Wildman–Crippen LogP) is 2.57. The van der Waals surface area contributed by atoms with E-state index in [1.165, 1.54) is 18.2 Å². The van der Waals surface area contributed by atoms with Gasteiger partial charge in [-0.3, -0.25) is 4.79 Å². The molecule has 1 N–H and O–H groups in total. The number of ether oxygens (including phenoxy) is 1. The van der Waals surface area contributed by atoms with Gasteiger partial charge < -0.3 is 10.1 Å². The molecule has 0 aromatic heterocycles. The Bertz CT molecular complexity index is 390. The average molecular weight is 325 g/mol. The summed E-state index contributed by atoms with van der Waals surface area (Å²) in [4.78, 5) is 11.7. The Morgan fingerprint density at radius 3 is 2.88 bits per heavy atom. The topological polar surface area (TPSA) is 38.3 Å². The highest BCUT2D eigenvalue weighted by molar-refractivity contribution is 9.10. The summed E-state index contributed by atoms with van der Waals surface area (Å²) in [5, 5.41) is 2.66. The normalized spacial score (nSPS) is 10.3. The molecule has 1 aromatic rings. The molecule has 0 saturated carbocycles. The number of carbonyl (C=O) groups is 1. The largest absolute Gasteiger partial charge is 0.378 e. The van der Waals surface area contributed by atoms with Crippen LogP contribution in [0.5, 0.6) is 0 Å². The second kappa shape index (κ2) is 7.63. The maximum absolute atomic E-state index is 12.8. The summed E-state index contributed by atoms with van der Waals surface area (Å²) < 4.78 is 18.3. The lowest BCUT2D eigenvalue weighted by Gasteiger charge is -2.07. The number of alkyl halides is 1. The van der Waals surface area contributed by atoms with Crippen LogP contribution in [0.2, 0.25) is 0 Å². The third-order valence-electron chi connectivity index (χ3n) is 1.93. The smallest absolute Gasteiger partial charge is 0.252 e. The molecular formula is C11H12BrClFNO2. The van der Waals surface area contributed by atoms with Crippen molar-refractivity contribution in [3.05, 3.63) is 34.1 Å². The molecule has 1 aromatic carbocycles. The number of nitrogens with one attached hydrogen (secondary N) is 1. The maximum atomic E-state index is 12.8. The second-order valence-corrected chi connectivity index (χ2v) is 4.41. The third kappa shape index (κ3) is 5.02. The van der Waals surface area contributed by atoms with Crippen LogP contribution in [-0.4, -0.2) is 31.5 Å². The molecule has 94 valence electrons. The van der Waals surface area contributed by atoms with Gasteiger partial charge in [-0.2, -0.15) is 0 Å². The van der Waals surface area contributed by atoms with E-state index in [1.54, 1.807) is 0 Å². The van der Waals surface area contributed by atoms with Crippen molar-refractivity contribution in [2.75, 3.05) is 25.6 Å². The number of benzene rings is 1. The fourth-order valence-electron chi connectivity index (χ4n) is 1.16.